The molecule has 27 heavy (non-hydrogen) atoms. The van der Waals surface area contributed by atoms with Crippen molar-refractivity contribution >= 4 is 17.4 Å². The molecule has 8 heteroatoms. The van der Waals surface area contributed by atoms with Crippen LogP contribution in [0.3, 0.4) is 0 Å². The summed E-state index contributed by atoms with van der Waals surface area (Å²) in [6.45, 7) is 3.51. The quantitative estimate of drug-likeness (QED) is 0.653. The van der Waals surface area contributed by atoms with Crippen molar-refractivity contribution < 1.29 is 14.3 Å². The first-order valence-corrected chi connectivity index (χ1v) is 8.70. The summed E-state index contributed by atoms with van der Waals surface area (Å²) in [7, 11) is 7.18. The highest BCUT2D eigenvalue weighted by Gasteiger charge is 2.12. The SMILES string of the molecule is COc1ccc(NC(=O)c2cc(NCCCN(C)C)nc(C)n2)cc1OC. The van der Waals surface area contributed by atoms with Gasteiger partial charge in [-0.15, -0.1) is 0 Å². The largest absolute Gasteiger partial charge is 0.493 e. The van der Waals surface area contributed by atoms with Crippen LogP contribution >= 0.6 is 0 Å². The van der Waals surface area contributed by atoms with Gasteiger partial charge < -0.3 is 25.0 Å². The molecule has 2 rings (SSSR count). The molecule has 1 heterocycles. The van der Waals surface area contributed by atoms with Crippen molar-refractivity contribution in [3.63, 3.8) is 0 Å². The number of rotatable bonds is 9. The fourth-order valence-corrected chi connectivity index (χ4v) is 2.50. The van der Waals surface area contributed by atoms with E-state index in [1.807, 2.05) is 14.1 Å². The van der Waals surface area contributed by atoms with Crippen molar-refractivity contribution in [2.75, 3.05) is 52.0 Å². The number of anilines is 2. The normalized spacial score (nSPS) is 10.6. The number of amides is 1. The van der Waals surface area contributed by atoms with E-state index in [4.69, 9.17) is 9.47 Å². The maximum absolute atomic E-state index is 12.6. The third kappa shape index (κ3) is 6.10. The molecule has 0 aliphatic rings. The zero-order chi connectivity index (χ0) is 19.8. The van der Waals surface area contributed by atoms with Crippen LogP contribution in [0, 0.1) is 6.92 Å². The molecule has 0 saturated carbocycles. The second-order valence-electron chi connectivity index (χ2n) is 6.29. The van der Waals surface area contributed by atoms with Gasteiger partial charge >= 0.3 is 0 Å². The van der Waals surface area contributed by atoms with E-state index in [1.165, 1.54) is 0 Å². The smallest absolute Gasteiger partial charge is 0.274 e. The summed E-state index contributed by atoms with van der Waals surface area (Å²) in [4.78, 5) is 23.3. The maximum atomic E-state index is 12.6. The van der Waals surface area contributed by atoms with Crippen molar-refractivity contribution in [1.82, 2.24) is 14.9 Å². The number of carbonyl (C=O) groups is 1. The topological polar surface area (TPSA) is 88.6 Å². The Morgan fingerprint density at radius 2 is 1.85 bits per heavy atom. The van der Waals surface area contributed by atoms with Crippen LogP contribution < -0.4 is 20.1 Å². The molecule has 0 aliphatic carbocycles. The van der Waals surface area contributed by atoms with Crippen LogP contribution in [0.25, 0.3) is 0 Å². The van der Waals surface area contributed by atoms with Crippen LogP contribution in [0.5, 0.6) is 11.5 Å². The summed E-state index contributed by atoms with van der Waals surface area (Å²) in [6.07, 6.45) is 0.975. The Kier molecular flexibility index (Phi) is 7.36. The fraction of sp³-hybridized carbons (Fsp3) is 0.421. The predicted octanol–water partition coefficient (Wildman–Crippen LogP) is 2.42. The van der Waals surface area contributed by atoms with E-state index in [0.29, 0.717) is 34.5 Å². The zero-order valence-corrected chi connectivity index (χ0v) is 16.5. The number of nitrogens with zero attached hydrogens (tertiary/aromatic N) is 3. The van der Waals surface area contributed by atoms with Crippen molar-refractivity contribution in [3.8, 4) is 11.5 Å². The molecular formula is C19H27N5O3. The van der Waals surface area contributed by atoms with Gasteiger partial charge in [-0.3, -0.25) is 4.79 Å². The standard InChI is InChI=1S/C19H27N5O3/c1-13-21-15(12-18(22-13)20-9-6-10-24(2)3)19(25)23-14-7-8-16(26-4)17(11-14)27-5/h7-8,11-12H,6,9-10H2,1-5H3,(H,23,25)(H,20,21,22). The molecule has 1 aromatic heterocycles. The Morgan fingerprint density at radius 3 is 2.52 bits per heavy atom. The highest BCUT2D eigenvalue weighted by Crippen LogP contribution is 2.29. The lowest BCUT2D eigenvalue weighted by atomic mass is 10.2. The molecule has 0 radical (unpaired) electrons. The molecule has 0 atom stereocenters. The third-order valence-electron chi connectivity index (χ3n) is 3.80. The molecule has 0 spiro atoms. The first kappa shape index (κ1) is 20.4. The summed E-state index contributed by atoms with van der Waals surface area (Å²) in [5, 5.41) is 6.06. The van der Waals surface area contributed by atoms with Crippen LogP contribution in [0.1, 0.15) is 22.7 Å². The summed E-state index contributed by atoms with van der Waals surface area (Å²) in [6, 6.07) is 6.83. The fourth-order valence-electron chi connectivity index (χ4n) is 2.50. The van der Waals surface area contributed by atoms with Crippen molar-refractivity contribution in [2.45, 2.75) is 13.3 Å². The summed E-state index contributed by atoms with van der Waals surface area (Å²) >= 11 is 0. The molecule has 0 bridgehead atoms. The molecule has 2 N–H and O–H groups in total. The van der Waals surface area contributed by atoms with Gasteiger partial charge in [0.25, 0.3) is 5.91 Å². The van der Waals surface area contributed by atoms with Gasteiger partial charge in [-0.1, -0.05) is 0 Å². The molecule has 0 aliphatic heterocycles. The number of aromatic nitrogens is 2. The summed E-state index contributed by atoms with van der Waals surface area (Å²) in [5.41, 5.74) is 0.891. The van der Waals surface area contributed by atoms with Gasteiger partial charge in [0.15, 0.2) is 11.5 Å². The van der Waals surface area contributed by atoms with Crippen molar-refractivity contribution in [2.24, 2.45) is 0 Å². The average Bonchev–Trinajstić information content (AvgIpc) is 2.64. The minimum atomic E-state index is -0.316. The van der Waals surface area contributed by atoms with Gasteiger partial charge in [-0.2, -0.15) is 0 Å². The molecule has 2 aromatic rings. The Morgan fingerprint density at radius 1 is 1.11 bits per heavy atom. The molecule has 146 valence electrons. The minimum Gasteiger partial charge on any atom is -0.493 e. The maximum Gasteiger partial charge on any atom is 0.274 e. The Balaban J connectivity index is 2.07. The lowest BCUT2D eigenvalue weighted by Gasteiger charge is -2.12. The Hall–Kier alpha value is -2.87. The van der Waals surface area contributed by atoms with Crippen LogP contribution in [-0.2, 0) is 0 Å². The van der Waals surface area contributed by atoms with E-state index in [2.05, 4.69) is 25.5 Å². The van der Waals surface area contributed by atoms with Crippen LogP contribution in [-0.4, -0.2) is 62.2 Å². The molecule has 1 aromatic carbocycles. The van der Waals surface area contributed by atoms with Crippen molar-refractivity contribution in [1.29, 1.82) is 0 Å². The molecular weight excluding hydrogens is 346 g/mol. The second-order valence-corrected chi connectivity index (χ2v) is 6.29. The molecule has 0 fully saturated rings. The van der Waals surface area contributed by atoms with Gasteiger partial charge in [-0.25, -0.2) is 9.97 Å². The molecule has 1 amide bonds. The van der Waals surface area contributed by atoms with E-state index in [-0.39, 0.29) is 5.91 Å². The van der Waals surface area contributed by atoms with Gasteiger partial charge in [0.2, 0.25) is 0 Å². The number of ether oxygens (including phenoxy) is 2. The second kappa shape index (κ2) is 9.72. The first-order valence-electron chi connectivity index (χ1n) is 8.70. The number of carbonyl (C=O) groups excluding carboxylic acids is 1. The van der Waals surface area contributed by atoms with E-state index < -0.39 is 0 Å². The van der Waals surface area contributed by atoms with Crippen LogP contribution in [0.2, 0.25) is 0 Å². The van der Waals surface area contributed by atoms with E-state index >= 15 is 0 Å². The van der Waals surface area contributed by atoms with Crippen LogP contribution in [0.15, 0.2) is 24.3 Å². The lowest BCUT2D eigenvalue weighted by Crippen LogP contribution is -2.18. The highest BCUT2D eigenvalue weighted by molar-refractivity contribution is 6.03. The Labute approximate surface area is 159 Å². The third-order valence-corrected chi connectivity index (χ3v) is 3.80. The minimum absolute atomic E-state index is 0.299. The number of methoxy groups -OCH3 is 2. The van der Waals surface area contributed by atoms with Crippen molar-refractivity contribution in [3.05, 3.63) is 35.8 Å². The van der Waals surface area contributed by atoms with Gasteiger partial charge in [0.05, 0.1) is 14.2 Å². The summed E-state index contributed by atoms with van der Waals surface area (Å²) < 4.78 is 10.5. The van der Waals surface area contributed by atoms with Gasteiger partial charge in [-0.05, 0) is 46.1 Å². The number of nitrogens with one attached hydrogen (secondary N) is 2. The van der Waals surface area contributed by atoms with E-state index in [9.17, 15) is 4.79 Å². The summed E-state index contributed by atoms with van der Waals surface area (Å²) in [5.74, 6) is 1.99. The monoisotopic (exact) mass is 373 g/mol. The van der Waals surface area contributed by atoms with Gasteiger partial charge in [0.1, 0.15) is 17.3 Å². The lowest BCUT2D eigenvalue weighted by molar-refractivity contribution is 0.102. The van der Waals surface area contributed by atoms with E-state index in [0.717, 1.165) is 19.5 Å². The van der Waals surface area contributed by atoms with E-state index in [1.54, 1.807) is 45.4 Å². The molecule has 8 nitrogen and oxygen atoms in total. The predicted molar refractivity (Wildman–Crippen MR) is 106 cm³/mol. The Bertz CT molecular complexity index is 780. The van der Waals surface area contributed by atoms with Gasteiger partial charge in [0, 0.05) is 24.4 Å². The first-order chi connectivity index (χ1) is 12.9. The molecule has 0 unspecified atom stereocenters. The number of hydrogen-bond donors (Lipinski definition) is 2. The van der Waals surface area contributed by atoms with Crippen LogP contribution in [0.4, 0.5) is 11.5 Å². The molecule has 0 saturated heterocycles. The number of aryl methyl sites for hydroxylation is 1. The number of hydrogen-bond acceptors (Lipinski definition) is 7. The zero-order valence-electron chi connectivity index (χ0n) is 16.5. The average molecular weight is 373 g/mol. The highest BCUT2D eigenvalue weighted by atomic mass is 16.5. The number of benzene rings is 1.